The molecule has 1 saturated carbocycles. The van der Waals surface area contributed by atoms with Crippen LogP contribution in [0.1, 0.15) is 31.4 Å². The number of hydrogen-bond donors (Lipinski definition) is 4. The van der Waals surface area contributed by atoms with E-state index in [1.54, 1.807) is 18.3 Å². The van der Waals surface area contributed by atoms with Crippen molar-refractivity contribution in [3.05, 3.63) is 99.4 Å². The number of rotatable bonds is 7. The minimum absolute atomic E-state index is 0.155. The Morgan fingerprint density at radius 3 is 2.62 bits per heavy atom. The molecule has 0 unspecified atom stereocenters. The predicted molar refractivity (Wildman–Crippen MR) is 149 cm³/mol. The van der Waals surface area contributed by atoms with Gasteiger partial charge in [-0.3, -0.25) is 9.99 Å². The number of aromatic nitrogens is 2. The molecule has 0 bridgehead atoms. The number of benzene rings is 2. The van der Waals surface area contributed by atoms with E-state index in [0.29, 0.717) is 33.9 Å². The van der Waals surface area contributed by atoms with Gasteiger partial charge in [-0.2, -0.15) is 4.39 Å². The van der Waals surface area contributed by atoms with E-state index in [9.17, 15) is 14.5 Å². The average Bonchev–Trinajstić information content (AvgIpc) is 3.69. The quantitative estimate of drug-likeness (QED) is 0.112. The SMILES string of the molecule is [2H][C@](Nc1cc(Cl)c2ncc(C#C)c(Nc3c(F)ccc(Cl)c3F)c2c1)(C1=CN(C2CC2)NN1)c1ccc(F)nc1. The molecular weight excluding hydrogens is 562 g/mol. The number of terminal acetylenes is 1. The van der Waals surface area contributed by atoms with E-state index in [4.69, 9.17) is 29.6 Å². The van der Waals surface area contributed by atoms with Crippen LogP contribution in [0.3, 0.4) is 0 Å². The number of halogens is 5. The van der Waals surface area contributed by atoms with Gasteiger partial charge in [0, 0.05) is 35.7 Å². The van der Waals surface area contributed by atoms with E-state index in [0.717, 1.165) is 31.0 Å². The number of hydrogen-bond acceptors (Lipinski definition) is 7. The molecule has 1 aliphatic heterocycles. The van der Waals surface area contributed by atoms with Gasteiger partial charge in [0.15, 0.2) is 5.82 Å². The molecule has 0 amide bonds. The highest BCUT2D eigenvalue weighted by molar-refractivity contribution is 6.36. The standard InChI is InChI=1S/C28H20Cl2F3N7/c1-2-14-11-35-27-18(25(14)37-28-21(31)7-6-19(29)24(28)33)9-16(10-20(27)30)36-26(15-3-8-23(32)34-12-15)22-13-40(39-38-22)17-4-5-17/h1,3,6-13,17,26,36,38-39H,4-5H2,(H,35,37)/t26-/m1/s1/i26D. The summed E-state index contributed by atoms with van der Waals surface area (Å²) in [4.78, 5) is 8.07. The molecule has 2 aromatic heterocycles. The van der Waals surface area contributed by atoms with E-state index < -0.39 is 29.3 Å². The Morgan fingerprint density at radius 1 is 1.07 bits per heavy atom. The second-order valence-electron chi connectivity index (χ2n) is 9.18. The third kappa shape index (κ3) is 4.95. The van der Waals surface area contributed by atoms with Crippen molar-refractivity contribution in [2.45, 2.75) is 24.9 Å². The molecule has 2 aliphatic rings. The molecule has 40 heavy (non-hydrogen) atoms. The first-order valence-corrected chi connectivity index (χ1v) is 12.9. The van der Waals surface area contributed by atoms with Crippen LogP contribution >= 0.6 is 23.2 Å². The van der Waals surface area contributed by atoms with Crippen molar-refractivity contribution in [3.63, 3.8) is 0 Å². The Balaban J connectivity index is 1.48. The Hall–Kier alpha value is -4.17. The van der Waals surface area contributed by atoms with Crippen LogP contribution in [0.25, 0.3) is 10.9 Å². The molecule has 0 saturated heterocycles. The molecule has 0 radical (unpaired) electrons. The number of nitrogens with one attached hydrogen (secondary N) is 4. The lowest BCUT2D eigenvalue weighted by Gasteiger charge is -2.22. The van der Waals surface area contributed by atoms with E-state index in [-0.39, 0.29) is 21.3 Å². The van der Waals surface area contributed by atoms with Gasteiger partial charge in [0.2, 0.25) is 5.95 Å². The van der Waals surface area contributed by atoms with Gasteiger partial charge in [0.25, 0.3) is 0 Å². The van der Waals surface area contributed by atoms with E-state index in [1.807, 2.05) is 5.01 Å². The molecule has 7 nitrogen and oxygen atoms in total. The van der Waals surface area contributed by atoms with Gasteiger partial charge in [-0.15, -0.1) is 12.0 Å². The molecular formula is C28H20Cl2F3N7. The summed E-state index contributed by atoms with van der Waals surface area (Å²) in [6, 6.07) is 6.48. The second-order valence-corrected chi connectivity index (χ2v) is 9.99. The highest BCUT2D eigenvalue weighted by Crippen LogP contribution is 2.38. The van der Waals surface area contributed by atoms with Gasteiger partial charge in [0.05, 0.1) is 39.9 Å². The fraction of sp³-hybridized carbons (Fsp3) is 0.143. The molecule has 1 atom stereocenters. The van der Waals surface area contributed by atoms with Gasteiger partial charge in [-0.1, -0.05) is 35.2 Å². The maximum atomic E-state index is 14.8. The Labute approximate surface area is 238 Å². The highest BCUT2D eigenvalue weighted by atomic mass is 35.5. The summed E-state index contributed by atoms with van der Waals surface area (Å²) < 4.78 is 52.7. The second kappa shape index (κ2) is 10.4. The first-order chi connectivity index (χ1) is 19.7. The minimum atomic E-state index is -1.70. The van der Waals surface area contributed by atoms with Crippen molar-refractivity contribution in [2.24, 2.45) is 0 Å². The molecule has 2 aromatic carbocycles. The fourth-order valence-electron chi connectivity index (χ4n) is 4.31. The molecule has 3 heterocycles. The molecule has 202 valence electrons. The van der Waals surface area contributed by atoms with Gasteiger partial charge < -0.3 is 16.1 Å². The Bertz CT molecular complexity index is 1760. The van der Waals surface area contributed by atoms with Crippen molar-refractivity contribution < 1.29 is 14.5 Å². The fourth-order valence-corrected chi connectivity index (χ4v) is 4.74. The van der Waals surface area contributed by atoms with Gasteiger partial charge in [-0.05, 0) is 48.7 Å². The van der Waals surface area contributed by atoms with Crippen LogP contribution in [-0.2, 0) is 0 Å². The van der Waals surface area contributed by atoms with Gasteiger partial charge >= 0.3 is 0 Å². The summed E-state index contributed by atoms with van der Waals surface area (Å²) in [5, 5.41) is 7.96. The largest absolute Gasteiger partial charge is 0.373 e. The third-order valence-corrected chi connectivity index (χ3v) is 7.04. The van der Waals surface area contributed by atoms with Crippen LogP contribution in [0, 0.1) is 29.9 Å². The maximum Gasteiger partial charge on any atom is 0.212 e. The topological polar surface area (TPSA) is 77.1 Å². The van der Waals surface area contributed by atoms with Gasteiger partial charge in [0.1, 0.15) is 11.5 Å². The van der Waals surface area contributed by atoms with Crippen molar-refractivity contribution in [3.8, 4) is 12.3 Å². The first-order valence-electron chi connectivity index (χ1n) is 12.6. The van der Waals surface area contributed by atoms with Crippen LogP contribution < -0.4 is 21.6 Å². The number of pyridine rings is 2. The smallest absolute Gasteiger partial charge is 0.212 e. The van der Waals surface area contributed by atoms with Crippen molar-refractivity contribution >= 4 is 51.2 Å². The maximum absolute atomic E-state index is 14.8. The van der Waals surface area contributed by atoms with Crippen LogP contribution in [0.15, 0.2) is 60.7 Å². The van der Waals surface area contributed by atoms with Crippen molar-refractivity contribution in [2.75, 3.05) is 10.6 Å². The lowest BCUT2D eigenvalue weighted by molar-refractivity contribution is 0.260. The molecule has 1 fully saturated rings. The zero-order valence-electron chi connectivity index (χ0n) is 21.5. The lowest BCUT2D eigenvalue weighted by atomic mass is 10.0. The predicted octanol–water partition coefficient (Wildman–Crippen LogP) is 6.56. The van der Waals surface area contributed by atoms with E-state index >= 15 is 0 Å². The molecule has 0 spiro atoms. The monoisotopic (exact) mass is 582 g/mol. The van der Waals surface area contributed by atoms with Crippen LogP contribution in [0.2, 0.25) is 10.0 Å². The zero-order valence-corrected chi connectivity index (χ0v) is 22.0. The Kier molecular flexibility index (Phi) is 6.48. The number of anilines is 3. The van der Waals surface area contributed by atoms with Crippen LogP contribution in [-0.4, -0.2) is 21.0 Å². The van der Waals surface area contributed by atoms with Gasteiger partial charge in [-0.25, -0.2) is 13.8 Å². The summed E-state index contributed by atoms with van der Waals surface area (Å²) in [6.45, 7) is 0. The minimum Gasteiger partial charge on any atom is -0.373 e. The molecule has 4 N–H and O–H groups in total. The highest BCUT2D eigenvalue weighted by Gasteiger charge is 2.32. The number of fused-ring (bicyclic) bond motifs is 1. The number of nitrogens with zero attached hydrogens (tertiary/aromatic N) is 3. The lowest BCUT2D eigenvalue weighted by Crippen LogP contribution is -2.38. The molecule has 12 heteroatoms. The Morgan fingerprint density at radius 2 is 1.90 bits per heavy atom. The molecule has 6 rings (SSSR count). The summed E-state index contributed by atoms with van der Waals surface area (Å²) >= 11 is 12.5. The summed E-state index contributed by atoms with van der Waals surface area (Å²) in [7, 11) is 0. The summed E-state index contributed by atoms with van der Waals surface area (Å²) in [5.74, 6) is -0.116. The average molecular weight is 583 g/mol. The third-order valence-electron chi connectivity index (χ3n) is 6.46. The van der Waals surface area contributed by atoms with Crippen LogP contribution in [0.4, 0.5) is 30.2 Å². The van der Waals surface area contributed by atoms with E-state index in [2.05, 4.69) is 37.5 Å². The zero-order chi connectivity index (χ0) is 28.9. The van der Waals surface area contributed by atoms with Crippen LogP contribution in [0.5, 0.6) is 0 Å². The summed E-state index contributed by atoms with van der Waals surface area (Å²) in [5.41, 5.74) is 7.26. The number of hydrazine groups is 2. The first kappa shape index (κ1) is 24.8. The summed E-state index contributed by atoms with van der Waals surface area (Å²) in [6.07, 6.45) is 12.1. The normalized spacial score (nSPS) is 16.6. The van der Waals surface area contributed by atoms with E-state index in [1.165, 1.54) is 18.5 Å². The van der Waals surface area contributed by atoms with Crippen molar-refractivity contribution in [1.82, 2.24) is 25.9 Å². The van der Waals surface area contributed by atoms with Crippen molar-refractivity contribution in [1.29, 1.82) is 0 Å². The molecule has 1 aliphatic carbocycles. The molecule has 4 aromatic rings.